The van der Waals surface area contributed by atoms with Crippen molar-refractivity contribution < 1.29 is 9.21 Å². The number of carbonyl (C=O) groups is 1. The molecule has 1 aliphatic rings. The zero-order chi connectivity index (χ0) is 16.2. The highest BCUT2D eigenvalue weighted by Crippen LogP contribution is 2.19. The van der Waals surface area contributed by atoms with E-state index in [1.807, 2.05) is 24.3 Å². The van der Waals surface area contributed by atoms with Crippen molar-refractivity contribution in [3.63, 3.8) is 0 Å². The van der Waals surface area contributed by atoms with Crippen LogP contribution in [0.25, 0.3) is 0 Å². The Bertz CT molecular complexity index is 745. The van der Waals surface area contributed by atoms with E-state index >= 15 is 0 Å². The van der Waals surface area contributed by atoms with E-state index in [0.717, 1.165) is 25.7 Å². The summed E-state index contributed by atoms with van der Waals surface area (Å²) in [6.07, 6.45) is 4.52. The minimum Gasteiger partial charge on any atom is -0.427 e. The van der Waals surface area contributed by atoms with E-state index in [-0.39, 0.29) is 17.5 Å². The lowest BCUT2D eigenvalue weighted by Crippen LogP contribution is -2.31. The Morgan fingerprint density at radius 3 is 2.61 bits per heavy atom. The van der Waals surface area contributed by atoms with Crippen LogP contribution in [0.2, 0.25) is 0 Å². The second kappa shape index (κ2) is 6.82. The summed E-state index contributed by atoms with van der Waals surface area (Å²) >= 11 is 0. The Balaban J connectivity index is 1.64. The summed E-state index contributed by atoms with van der Waals surface area (Å²) in [6.45, 7) is 1.79. The highest BCUT2D eigenvalue weighted by atomic mass is 16.4. The highest BCUT2D eigenvalue weighted by Gasteiger charge is 2.26. The molecular formula is C19H21NO3. The number of carbonyl (C=O) groups excluding carboxylic acids is 1. The molecule has 2 aromatic rings. The largest absolute Gasteiger partial charge is 0.427 e. The smallest absolute Gasteiger partial charge is 0.349 e. The van der Waals surface area contributed by atoms with Gasteiger partial charge in [-0.15, -0.1) is 0 Å². The normalized spacial score (nSPS) is 13.8. The van der Waals surface area contributed by atoms with E-state index in [0.29, 0.717) is 17.7 Å². The van der Waals surface area contributed by atoms with Gasteiger partial charge in [0.1, 0.15) is 11.3 Å². The molecule has 4 heteroatoms. The Hall–Kier alpha value is -2.36. The van der Waals surface area contributed by atoms with Crippen LogP contribution in [-0.2, 0) is 12.8 Å². The molecule has 23 heavy (non-hydrogen) atoms. The minimum absolute atomic E-state index is 0.142. The van der Waals surface area contributed by atoms with Crippen LogP contribution in [0.5, 0.6) is 0 Å². The maximum absolute atomic E-state index is 12.1. The zero-order valence-electron chi connectivity index (χ0n) is 13.3. The monoisotopic (exact) mass is 311 g/mol. The SMILES string of the molecule is Cc1cc(CCCc2ccccc2)oc(=O)c1C(=O)NC1CC1. The first-order chi connectivity index (χ1) is 11.1. The molecule has 0 spiro atoms. The van der Waals surface area contributed by atoms with Crippen molar-refractivity contribution in [3.05, 3.63) is 69.3 Å². The van der Waals surface area contributed by atoms with E-state index in [1.54, 1.807) is 6.92 Å². The van der Waals surface area contributed by atoms with Gasteiger partial charge >= 0.3 is 5.63 Å². The summed E-state index contributed by atoms with van der Waals surface area (Å²) in [4.78, 5) is 24.2. The maximum Gasteiger partial charge on any atom is 0.349 e. The summed E-state index contributed by atoms with van der Waals surface area (Å²) in [7, 11) is 0. The average Bonchev–Trinajstić information content (AvgIpc) is 3.31. The zero-order valence-corrected chi connectivity index (χ0v) is 13.3. The molecular weight excluding hydrogens is 290 g/mol. The minimum atomic E-state index is -0.530. The number of hydrogen-bond acceptors (Lipinski definition) is 3. The molecule has 0 saturated heterocycles. The third-order valence-electron chi connectivity index (χ3n) is 4.07. The Morgan fingerprint density at radius 2 is 1.96 bits per heavy atom. The van der Waals surface area contributed by atoms with E-state index in [4.69, 9.17) is 4.42 Å². The Morgan fingerprint density at radius 1 is 1.22 bits per heavy atom. The number of hydrogen-bond donors (Lipinski definition) is 1. The van der Waals surface area contributed by atoms with Crippen molar-refractivity contribution in [1.29, 1.82) is 0 Å². The van der Waals surface area contributed by atoms with Gasteiger partial charge in [0.15, 0.2) is 0 Å². The van der Waals surface area contributed by atoms with Gasteiger partial charge in [-0.05, 0) is 49.8 Å². The molecule has 0 bridgehead atoms. The van der Waals surface area contributed by atoms with Crippen molar-refractivity contribution in [2.75, 3.05) is 0 Å². The summed E-state index contributed by atoms with van der Waals surface area (Å²) in [6, 6.07) is 12.3. The molecule has 0 radical (unpaired) electrons. The van der Waals surface area contributed by atoms with Gasteiger partial charge in [0.05, 0.1) is 0 Å². The lowest BCUT2D eigenvalue weighted by atomic mass is 10.1. The molecule has 1 heterocycles. The van der Waals surface area contributed by atoms with Gasteiger partial charge in [0.2, 0.25) is 0 Å². The van der Waals surface area contributed by atoms with Gasteiger partial charge in [-0.1, -0.05) is 30.3 Å². The van der Waals surface area contributed by atoms with Crippen LogP contribution in [0, 0.1) is 6.92 Å². The van der Waals surface area contributed by atoms with Crippen LogP contribution in [0.1, 0.15) is 46.5 Å². The first-order valence-corrected chi connectivity index (χ1v) is 8.12. The summed E-state index contributed by atoms with van der Waals surface area (Å²) in [5.74, 6) is 0.334. The second-order valence-electron chi connectivity index (χ2n) is 6.15. The fourth-order valence-corrected chi connectivity index (χ4v) is 2.67. The van der Waals surface area contributed by atoms with E-state index < -0.39 is 5.63 Å². The first kappa shape index (κ1) is 15.5. The topological polar surface area (TPSA) is 59.3 Å². The van der Waals surface area contributed by atoms with Crippen LogP contribution in [0.15, 0.2) is 45.6 Å². The van der Waals surface area contributed by atoms with Gasteiger partial charge < -0.3 is 9.73 Å². The van der Waals surface area contributed by atoms with Crippen molar-refractivity contribution in [3.8, 4) is 0 Å². The summed E-state index contributed by atoms with van der Waals surface area (Å²) < 4.78 is 5.33. The molecule has 0 unspecified atom stereocenters. The van der Waals surface area contributed by atoms with Gasteiger partial charge in [0.25, 0.3) is 5.91 Å². The quantitative estimate of drug-likeness (QED) is 0.892. The number of benzene rings is 1. The predicted octanol–water partition coefficient (Wildman–Crippen LogP) is 3.02. The Labute approximate surface area is 135 Å². The molecule has 0 atom stereocenters. The molecule has 1 amide bonds. The number of rotatable bonds is 6. The highest BCUT2D eigenvalue weighted by molar-refractivity contribution is 5.95. The Kier molecular flexibility index (Phi) is 4.60. The molecule has 1 aromatic carbocycles. The van der Waals surface area contributed by atoms with Gasteiger partial charge in [-0.2, -0.15) is 0 Å². The van der Waals surface area contributed by atoms with Crippen molar-refractivity contribution >= 4 is 5.91 Å². The molecule has 1 aromatic heterocycles. The standard InChI is InChI=1S/C19H21NO3/c1-13-12-16(9-5-8-14-6-3-2-4-7-14)23-19(22)17(13)18(21)20-15-10-11-15/h2-4,6-7,12,15H,5,8-11H2,1H3,(H,20,21). The van der Waals surface area contributed by atoms with Gasteiger partial charge in [-0.3, -0.25) is 4.79 Å². The fourth-order valence-electron chi connectivity index (χ4n) is 2.67. The predicted molar refractivity (Wildman–Crippen MR) is 88.7 cm³/mol. The lowest BCUT2D eigenvalue weighted by Gasteiger charge is -2.07. The molecule has 4 nitrogen and oxygen atoms in total. The maximum atomic E-state index is 12.1. The average molecular weight is 311 g/mol. The molecule has 1 N–H and O–H groups in total. The third-order valence-corrected chi connectivity index (χ3v) is 4.07. The van der Waals surface area contributed by atoms with Crippen LogP contribution in [0.3, 0.4) is 0 Å². The molecule has 0 aliphatic heterocycles. The van der Waals surface area contributed by atoms with Crippen LogP contribution >= 0.6 is 0 Å². The van der Waals surface area contributed by atoms with Gasteiger partial charge in [-0.25, -0.2) is 4.79 Å². The third kappa shape index (κ3) is 4.09. The molecule has 120 valence electrons. The number of nitrogens with one attached hydrogen (secondary N) is 1. The van der Waals surface area contributed by atoms with E-state index in [9.17, 15) is 9.59 Å². The van der Waals surface area contributed by atoms with Crippen LogP contribution < -0.4 is 10.9 Å². The molecule has 1 fully saturated rings. The van der Waals surface area contributed by atoms with Crippen LogP contribution in [-0.4, -0.2) is 11.9 Å². The second-order valence-corrected chi connectivity index (χ2v) is 6.15. The number of amides is 1. The first-order valence-electron chi connectivity index (χ1n) is 8.12. The van der Waals surface area contributed by atoms with Crippen molar-refractivity contribution in [2.24, 2.45) is 0 Å². The van der Waals surface area contributed by atoms with Crippen molar-refractivity contribution in [2.45, 2.75) is 45.1 Å². The summed E-state index contributed by atoms with van der Waals surface area (Å²) in [5.41, 5.74) is 1.57. The van der Waals surface area contributed by atoms with E-state index in [2.05, 4.69) is 17.4 Å². The van der Waals surface area contributed by atoms with E-state index in [1.165, 1.54) is 5.56 Å². The lowest BCUT2D eigenvalue weighted by molar-refractivity contribution is 0.0946. The van der Waals surface area contributed by atoms with Gasteiger partial charge in [0, 0.05) is 12.5 Å². The molecule has 3 rings (SSSR count). The summed E-state index contributed by atoms with van der Waals surface area (Å²) in [5, 5.41) is 2.84. The van der Waals surface area contributed by atoms with Crippen molar-refractivity contribution in [1.82, 2.24) is 5.32 Å². The molecule has 1 aliphatic carbocycles. The number of aryl methyl sites for hydroxylation is 3. The fraction of sp³-hybridized carbons (Fsp3) is 0.368. The van der Waals surface area contributed by atoms with Crippen LogP contribution in [0.4, 0.5) is 0 Å². The molecule has 1 saturated carbocycles.